The largest absolute Gasteiger partial charge is 0.481 e. The molecule has 134 valence electrons. The highest BCUT2D eigenvalue weighted by Crippen LogP contribution is 2.34. The van der Waals surface area contributed by atoms with Gasteiger partial charge >= 0.3 is 11.9 Å². The average molecular weight is 353 g/mol. The zero-order valence-electron chi connectivity index (χ0n) is 12.6. The molecule has 1 saturated heterocycles. The van der Waals surface area contributed by atoms with Gasteiger partial charge in [-0.3, -0.25) is 14.2 Å². The molecule has 0 spiro atoms. The minimum absolute atomic E-state index is 0.116. The van der Waals surface area contributed by atoms with Gasteiger partial charge in [0.25, 0.3) is 0 Å². The number of nitrogen functional groups attached to an aromatic ring is 1. The summed E-state index contributed by atoms with van der Waals surface area (Å²) >= 11 is 0. The van der Waals surface area contributed by atoms with Gasteiger partial charge in [-0.25, -0.2) is 15.0 Å². The first-order valence-corrected chi connectivity index (χ1v) is 7.21. The smallest absolute Gasteiger partial charge is 0.317 e. The highest BCUT2D eigenvalue weighted by Gasteiger charge is 2.46. The molecular formula is C13H15N5O7. The molecule has 1 fully saturated rings. The highest BCUT2D eigenvalue weighted by atomic mass is 16.6. The van der Waals surface area contributed by atoms with E-state index in [0.29, 0.717) is 0 Å². The zero-order valence-corrected chi connectivity index (χ0v) is 12.6. The first-order chi connectivity index (χ1) is 11.8. The quantitative estimate of drug-likeness (QED) is 0.381. The topological polar surface area (TPSA) is 194 Å². The van der Waals surface area contributed by atoms with E-state index in [4.69, 9.17) is 20.7 Å². The van der Waals surface area contributed by atoms with Crippen LogP contribution in [0, 0.1) is 5.92 Å². The number of imidazole rings is 1. The number of hydrogen-bond donors (Lipinski definition) is 5. The summed E-state index contributed by atoms with van der Waals surface area (Å²) in [6, 6.07) is 0. The molecule has 2 aromatic heterocycles. The van der Waals surface area contributed by atoms with E-state index in [-0.39, 0.29) is 17.0 Å². The number of carbonyl (C=O) groups is 2. The third-order valence-electron chi connectivity index (χ3n) is 4.06. The van der Waals surface area contributed by atoms with Gasteiger partial charge in [0.2, 0.25) is 0 Å². The third-order valence-corrected chi connectivity index (χ3v) is 4.06. The van der Waals surface area contributed by atoms with E-state index in [1.165, 1.54) is 17.2 Å². The van der Waals surface area contributed by atoms with E-state index in [2.05, 4.69) is 15.0 Å². The van der Waals surface area contributed by atoms with Crippen molar-refractivity contribution in [3.8, 4) is 0 Å². The molecule has 3 rings (SSSR count). The van der Waals surface area contributed by atoms with Crippen LogP contribution in [0.3, 0.4) is 0 Å². The molecule has 25 heavy (non-hydrogen) atoms. The normalized spacial score (nSPS) is 26.4. The Bertz CT molecular complexity index is 810. The summed E-state index contributed by atoms with van der Waals surface area (Å²) in [5.74, 6) is -4.78. The molecule has 4 atom stereocenters. The van der Waals surface area contributed by atoms with Crippen molar-refractivity contribution < 1.29 is 34.8 Å². The summed E-state index contributed by atoms with van der Waals surface area (Å²) < 4.78 is 6.82. The number of nitrogens with two attached hydrogens (primary N) is 1. The molecular weight excluding hydrogens is 338 g/mol. The minimum atomic E-state index is -1.77. The summed E-state index contributed by atoms with van der Waals surface area (Å²) in [5, 5.41) is 38.2. The van der Waals surface area contributed by atoms with Crippen LogP contribution in [0.15, 0.2) is 12.7 Å². The highest BCUT2D eigenvalue weighted by molar-refractivity contribution is 5.92. The number of aliphatic hydroxyl groups is 2. The van der Waals surface area contributed by atoms with Gasteiger partial charge in [-0.05, 0) is 0 Å². The van der Waals surface area contributed by atoms with Crippen LogP contribution in [0.25, 0.3) is 11.2 Å². The van der Waals surface area contributed by atoms with E-state index in [1.54, 1.807) is 0 Å². The molecule has 1 aliphatic heterocycles. The fourth-order valence-corrected chi connectivity index (χ4v) is 2.75. The van der Waals surface area contributed by atoms with Crippen molar-refractivity contribution in [3.05, 3.63) is 12.7 Å². The van der Waals surface area contributed by atoms with Crippen molar-refractivity contribution in [2.24, 2.45) is 5.92 Å². The molecule has 0 aromatic carbocycles. The predicted octanol–water partition coefficient (Wildman–Crippen LogP) is -1.80. The Labute approximate surface area is 139 Å². The summed E-state index contributed by atoms with van der Waals surface area (Å²) in [5.41, 5.74) is 6.20. The summed E-state index contributed by atoms with van der Waals surface area (Å²) in [7, 11) is 0. The fraction of sp³-hybridized carbons (Fsp3) is 0.462. The Morgan fingerprint density at radius 3 is 2.52 bits per heavy atom. The number of carboxylic acids is 2. The molecule has 1 aliphatic rings. The second-order valence-corrected chi connectivity index (χ2v) is 5.59. The maximum absolute atomic E-state index is 11.0. The van der Waals surface area contributed by atoms with E-state index >= 15 is 0 Å². The second kappa shape index (κ2) is 6.23. The maximum Gasteiger partial charge on any atom is 0.317 e. The van der Waals surface area contributed by atoms with Crippen molar-refractivity contribution in [1.29, 1.82) is 0 Å². The number of hydrogen-bond acceptors (Lipinski definition) is 9. The molecule has 2 aromatic rings. The fourth-order valence-electron chi connectivity index (χ4n) is 2.75. The van der Waals surface area contributed by atoms with Crippen LogP contribution in [-0.4, -0.2) is 70.2 Å². The van der Waals surface area contributed by atoms with Crippen LogP contribution >= 0.6 is 0 Å². The lowest BCUT2D eigenvalue weighted by atomic mass is 9.98. The lowest BCUT2D eigenvalue weighted by molar-refractivity contribution is -0.157. The third kappa shape index (κ3) is 2.86. The summed E-state index contributed by atoms with van der Waals surface area (Å²) in [6.07, 6.45) is -3.30. The zero-order chi connectivity index (χ0) is 18.3. The molecule has 0 unspecified atom stereocenters. The van der Waals surface area contributed by atoms with Crippen LogP contribution in [0.4, 0.5) is 5.82 Å². The number of nitrogens with zero attached hydrogens (tertiary/aromatic N) is 4. The van der Waals surface area contributed by atoms with Crippen LogP contribution < -0.4 is 5.73 Å². The monoisotopic (exact) mass is 353 g/mol. The minimum Gasteiger partial charge on any atom is -0.481 e. The Balaban J connectivity index is 1.88. The van der Waals surface area contributed by atoms with Gasteiger partial charge in [-0.15, -0.1) is 0 Å². The van der Waals surface area contributed by atoms with Gasteiger partial charge in [-0.1, -0.05) is 0 Å². The van der Waals surface area contributed by atoms with Gasteiger partial charge in [0, 0.05) is 6.42 Å². The molecule has 0 amide bonds. The number of fused-ring (bicyclic) bond motifs is 1. The number of ether oxygens (including phenoxy) is 1. The van der Waals surface area contributed by atoms with E-state index < -0.39 is 48.8 Å². The van der Waals surface area contributed by atoms with Gasteiger partial charge in [-0.2, -0.15) is 0 Å². The van der Waals surface area contributed by atoms with Crippen LogP contribution in [0.1, 0.15) is 12.6 Å². The van der Waals surface area contributed by atoms with Crippen molar-refractivity contribution >= 4 is 28.9 Å². The van der Waals surface area contributed by atoms with Crippen molar-refractivity contribution in [3.63, 3.8) is 0 Å². The molecule has 3 heterocycles. The average Bonchev–Trinajstić information content (AvgIpc) is 3.09. The number of carboxylic acid groups (broad SMARTS) is 2. The van der Waals surface area contributed by atoms with Gasteiger partial charge in [0.15, 0.2) is 23.6 Å². The summed E-state index contributed by atoms with van der Waals surface area (Å²) in [4.78, 5) is 33.8. The number of anilines is 1. The van der Waals surface area contributed by atoms with Gasteiger partial charge in [0.1, 0.15) is 24.1 Å². The molecule has 0 radical (unpaired) electrons. The molecule has 12 heteroatoms. The number of rotatable bonds is 5. The van der Waals surface area contributed by atoms with E-state index in [9.17, 15) is 19.8 Å². The van der Waals surface area contributed by atoms with Gasteiger partial charge < -0.3 is 30.9 Å². The van der Waals surface area contributed by atoms with E-state index in [0.717, 1.165) is 0 Å². The molecule has 0 aliphatic carbocycles. The number of aliphatic hydroxyl groups excluding tert-OH is 2. The lowest BCUT2D eigenvalue weighted by Gasteiger charge is -2.17. The van der Waals surface area contributed by atoms with Crippen LogP contribution in [0.5, 0.6) is 0 Å². The van der Waals surface area contributed by atoms with E-state index in [1.807, 2.05) is 0 Å². The second-order valence-electron chi connectivity index (χ2n) is 5.59. The van der Waals surface area contributed by atoms with Crippen molar-refractivity contribution in [2.75, 3.05) is 5.73 Å². The molecule has 6 N–H and O–H groups in total. The van der Waals surface area contributed by atoms with Crippen molar-refractivity contribution in [2.45, 2.75) is 31.0 Å². The lowest BCUT2D eigenvalue weighted by Crippen LogP contribution is -2.35. The summed E-state index contributed by atoms with van der Waals surface area (Å²) in [6.45, 7) is 0. The first-order valence-electron chi connectivity index (χ1n) is 7.21. The SMILES string of the molecule is Nc1ncnc2c1ncn2[C@@H]1O[C@H](CC(C(=O)O)C(=O)O)[C@@H](O)[C@H]1O. The first kappa shape index (κ1) is 17.0. The molecule has 12 nitrogen and oxygen atoms in total. The Morgan fingerprint density at radius 1 is 1.20 bits per heavy atom. The standard InChI is InChI=1S/C13H15N5O7/c14-9-6-10(16-2-15-9)18(3-17-6)11-8(20)7(19)5(25-11)1-4(12(21)22)13(23)24/h2-5,7-8,11,19-20H,1H2,(H,21,22)(H,23,24)(H2,14,15,16)/t5-,7-,8-,11-/m1/s1. The van der Waals surface area contributed by atoms with Crippen molar-refractivity contribution in [1.82, 2.24) is 19.5 Å². The van der Waals surface area contributed by atoms with Crippen LogP contribution in [0.2, 0.25) is 0 Å². The Kier molecular flexibility index (Phi) is 4.24. The molecule has 0 bridgehead atoms. The Hall–Kier alpha value is -2.83. The number of aromatic nitrogens is 4. The Morgan fingerprint density at radius 2 is 1.88 bits per heavy atom. The van der Waals surface area contributed by atoms with Gasteiger partial charge in [0.05, 0.1) is 12.4 Å². The molecule has 0 saturated carbocycles. The maximum atomic E-state index is 11.0. The predicted molar refractivity (Wildman–Crippen MR) is 79.0 cm³/mol. The number of aliphatic carboxylic acids is 2. The van der Waals surface area contributed by atoms with Crippen LogP contribution in [-0.2, 0) is 14.3 Å².